The molecule has 0 bridgehead atoms. The van der Waals surface area contributed by atoms with Crippen LogP contribution in [0.15, 0.2) is 24.3 Å². The van der Waals surface area contributed by atoms with E-state index in [0.717, 1.165) is 0 Å². The fourth-order valence-electron chi connectivity index (χ4n) is 2.24. The Morgan fingerprint density at radius 1 is 1.44 bits per heavy atom. The number of hydrogen-bond donors (Lipinski definition) is 1. The zero-order valence-corrected chi connectivity index (χ0v) is 10.8. The van der Waals surface area contributed by atoms with Crippen LogP contribution in [0.5, 0.6) is 0 Å². The number of hydrogen-bond acceptors (Lipinski definition) is 3. The van der Waals surface area contributed by atoms with Crippen molar-refractivity contribution in [2.24, 2.45) is 11.8 Å². The van der Waals surface area contributed by atoms with Gasteiger partial charge in [0.2, 0.25) is 0 Å². The number of para-hydroxylation sites is 1. The molecular formula is C13H18FNO3. The normalized spacial score (nSPS) is 16.3. The van der Waals surface area contributed by atoms with Crippen molar-refractivity contribution in [2.75, 3.05) is 6.67 Å². The van der Waals surface area contributed by atoms with E-state index in [9.17, 15) is 19.6 Å². The highest BCUT2D eigenvalue weighted by molar-refractivity contribution is 5.43. The first-order valence-corrected chi connectivity index (χ1v) is 5.84. The monoisotopic (exact) mass is 255 g/mol. The highest BCUT2D eigenvalue weighted by Crippen LogP contribution is 2.38. The quantitative estimate of drug-likeness (QED) is 0.649. The first-order chi connectivity index (χ1) is 8.32. The van der Waals surface area contributed by atoms with Gasteiger partial charge in [-0.15, -0.1) is 0 Å². The maximum atomic E-state index is 13.1. The van der Waals surface area contributed by atoms with Crippen LogP contribution in [0.2, 0.25) is 0 Å². The van der Waals surface area contributed by atoms with Crippen molar-refractivity contribution in [1.29, 1.82) is 0 Å². The summed E-state index contributed by atoms with van der Waals surface area (Å²) in [6.07, 6.45) is 0. The van der Waals surface area contributed by atoms with Gasteiger partial charge in [0.05, 0.1) is 22.8 Å². The zero-order valence-electron chi connectivity index (χ0n) is 10.8. The molecule has 1 N–H and O–H groups in total. The lowest BCUT2D eigenvalue weighted by molar-refractivity contribution is -0.386. The van der Waals surface area contributed by atoms with Crippen molar-refractivity contribution >= 4 is 5.69 Å². The molecule has 0 aliphatic rings. The second-order valence-electron chi connectivity index (χ2n) is 4.93. The number of rotatable bonds is 5. The Morgan fingerprint density at radius 3 is 2.44 bits per heavy atom. The van der Waals surface area contributed by atoms with Gasteiger partial charge in [-0.1, -0.05) is 26.0 Å². The minimum Gasteiger partial charge on any atom is -0.385 e. The number of benzene rings is 1. The molecule has 4 nitrogen and oxygen atoms in total. The predicted molar refractivity (Wildman–Crippen MR) is 67.0 cm³/mol. The lowest BCUT2D eigenvalue weighted by Crippen LogP contribution is -2.37. The van der Waals surface area contributed by atoms with Gasteiger partial charge in [-0.3, -0.25) is 14.5 Å². The van der Waals surface area contributed by atoms with Crippen LogP contribution in [0.25, 0.3) is 0 Å². The van der Waals surface area contributed by atoms with E-state index in [2.05, 4.69) is 0 Å². The molecule has 18 heavy (non-hydrogen) atoms. The van der Waals surface area contributed by atoms with E-state index in [-0.39, 0.29) is 17.2 Å². The number of alkyl halides is 1. The van der Waals surface area contributed by atoms with E-state index < -0.39 is 23.1 Å². The predicted octanol–water partition coefficient (Wildman–Crippen LogP) is 3.04. The number of halogens is 1. The molecule has 0 radical (unpaired) electrons. The van der Waals surface area contributed by atoms with Gasteiger partial charge in [0.1, 0.15) is 0 Å². The molecule has 5 heteroatoms. The summed E-state index contributed by atoms with van der Waals surface area (Å²) >= 11 is 0. The first kappa shape index (κ1) is 14.6. The van der Waals surface area contributed by atoms with Crippen molar-refractivity contribution in [3.05, 3.63) is 39.9 Å². The highest BCUT2D eigenvalue weighted by atomic mass is 19.1. The van der Waals surface area contributed by atoms with E-state index in [1.165, 1.54) is 25.1 Å². The molecule has 0 aliphatic carbocycles. The molecule has 1 aromatic carbocycles. The van der Waals surface area contributed by atoms with Crippen molar-refractivity contribution in [1.82, 2.24) is 0 Å². The van der Waals surface area contributed by atoms with Crippen LogP contribution in [0.4, 0.5) is 10.1 Å². The SMILES string of the molecule is CC(C)C(CF)C(C)(O)c1ccccc1[N+](=O)[O-]. The molecule has 100 valence electrons. The summed E-state index contributed by atoms with van der Waals surface area (Å²) in [5.41, 5.74) is -1.58. The number of nitro groups is 1. The molecule has 1 aromatic rings. The van der Waals surface area contributed by atoms with Gasteiger partial charge < -0.3 is 5.11 Å². The fourth-order valence-corrected chi connectivity index (χ4v) is 2.24. The lowest BCUT2D eigenvalue weighted by atomic mass is 9.77. The van der Waals surface area contributed by atoms with Crippen LogP contribution in [-0.4, -0.2) is 16.7 Å². The molecule has 0 aromatic heterocycles. The van der Waals surface area contributed by atoms with Gasteiger partial charge >= 0.3 is 0 Å². The third-order valence-electron chi connectivity index (χ3n) is 3.34. The lowest BCUT2D eigenvalue weighted by Gasteiger charge is -2.33. The van der Waals surface area contributed by atoms with Crippen molar-refractivity contribution in [3.8, 4) is 0 Å². The third-order valence-corrected chi connectivity index (χ3v) is 3.34. The van der Waals surface area contributed by atoms with Gasteiger partial charge in [-0.25, -0.2) is 0 Å². The zero-order chi connectivity index (χ0) is 13.9. The summed E-state index contributed by atoms with van der Waals surface area (Å²) in [5.74, 6) is -0.802. The second-order valence-corrected chi connectivity index (χ2v) is 4.93. The third kappa shape index (κ3) is 2.67. The summed E-state index contributed by atoms with van der Waals surface area (Å²) in [6.45, 7) is 4.28. The fraction of sp³-hybridized carbons (Fsp3) is 0.538. The molecule has 0 spiro atoms. The Kier molecular flexibility index (Phi) is 4.40. The minimum atomic E-state index is -1.56. The van der Waals surface area contributed by atoms with E-state index in [4.69, 9.17) is 0 Å². The van der Waals surface area contributed by atoms with E-state index in [0.29, 0.717) is 0 Å². The molecular weight excluding hydrogens is 237 g/mol. The van der Waals surface area contributed by atoms with Gasteiger partial charge in [-0.2, -0.15) is 0 Å². The Hall–Kier alpha value is -1.49. The standard InChI is InChI=1S/C13H18FNO3/c1-9(2)11(8-14)13(3,16)10-6-4-5-7-12(10)15(17)18/h4-7,9,11,16H,8H2,1-3H3. The Balaban J connectivity index is 3.31. The van der Waals surface area contributed by atoms with Gasteiger partial charge in [-0.05, 0) is 18.9 Å². The number of nitro benzene ring substituents is 1. The Labute approximate surface area is 106 Å². The minimum absolute atomic E-state index is 0.121. The molecule has 2 atom stereocenters. The van der Waals surface area contributed by atoms with Crippen molar-refractivity contribution in [2.45, 2.75) is 26.4 Å². The maximum absolute atomic E-state index is 13.1. The summed E-state index contributed by atoms with van der Waals surface area (Å²) in [5, 5.41) is 21.5. The molecule has 1 rings (SSSR count). The van der Waals surface area contributed by atoms with Crippen LogP contribution in [0.1, 0.15) is 26.3 Å². The molecule has 0 saturated heterocycles. The van der Waals surface area contributed by atoms with E-state index >= 15 is 0 Å². The van der Waals surface area contributed by atoms with E-state index in [1.54, 1.807) is 19.9 Å². The molecule has 0 saturated carbocycles. The summed E-state index contributed by atoms with van der Waals surface area (Å²) in [4.78, 5) is 10.4. The van der Waals surface area contributed by atoms with Gasteiger partial charge in [0.25, 0.3) is 5.69 Å². The molecule has 0 aliphatic heterocycles. The Morgan fingerprint density at radius 2 is 2.00 bits per heavy atom. The number of aliphatic hydroxyl groups is 1. The van der Waals surface area contributed by atoms with E-state index in [1.807, 2.05) is 0 Å². The summed E-state index contributed by atoms with van der Waals surface area (Å²) in [6, 6.07) is 5.92. The summed E-state index contributed by atoms with van der Waals surface area (Å²) < 4.78 is 13.1. The smallest absolute Gasteiger partial charge is 0.275 e. The van der Waals surface area contributed by atoms with Gasteiger partial charge in [0.15, 0.2) is 0 Å². The van der Waals surface area contributed by atoms with Crippen molar-refractivity contribution < 1.29 is 14.4 Å². The molecule has 2 unspecified atom stereocenters. The largest absolute Gasteiger partial charge is 0.385 e. The number of nitrogens with zero attached hydrogens (tertiary/aromatic N) is 1. The maximum Gasteiger partial charge on any atom is 0.275 e. The van der Waals surface area contributed by atoms with Gasteiger partial charge in [0, 0.05) is 12.0 Å². The van der Waals surface area contributed by atoms with Crippen LogP contribution >= 0.6 is 0 Å². The van der Waals surface area contributed by atoms with Crippen LogP contribution in [-0.2, 0) is 5.60 Å². The average molecular weight is 255 g/mol. The highest BCUT2D eigenvalue weighted by Gasteiger charge is 2.40. The molecule has 0 fully saturated rings. The van der Waals surface area contributed by atoms with Crippen LogP contribution in [0.3, 0.4) is 0 Å². The first-order valence-electron chi connectivity index (χ1n) is 5.84. The van der Waals surface area contributed by atoms with Crippen LogP contribution < -0.4 is 0 Å². The summed E-state index contributed by atoms with van der Waals surface area (Å²) in [7, 11) is 0. The molecule has 0 heterocycles. The topological polar surface area (TPSA) is 63.4 Å². The average Bonchev–Trinajstić information content (AvgIpc) is 2.28. The second kappa shape index (κ2) is 5.44. The molecule has 0 amide bonds. The Bertz CT molecular complexity index is 432. The van der Waals surface area contributed by atoms with Crippen LogP contribution in [0, 0.1) is 22.0 Å². The van der Waals surface area contributed by atoms with Crippen molar-refractivity contribution in [3.63, 3.8) is 0 Å².